The highest BCUT2D eigenvalue weighted by molar-refractivity contribution is 5.77. The number of rotatable bonds is 45. The van der Waals surface area contributed by atoms with Crippen LogP contribution in [0.1, 0.15) is 258 Å². The third kappa shape index (κ3) is 40.8. The second kappa shape index (κ2) is 46.2. The van der Waals surface area contributed by atoms with Crippen LogP contribution in [-0.2, 0) is 14.3 Å². The van der Waals surface area contributed by atoms with Gasteiger partial charge in [0.05, 0.1) is 25.2 Å². The van der Waals surface area contributed by atoms with Gasteiger partial charge in [-0.25, -0.2) is 0 Å². The molecule has 3 N–H and O–H groups in total. The van der Waals surface area contributed by atoms with Crippen molar-refractivity contribution in [3.63, 3.8) is 0 Å². The average molecular weight is 816 g/mol. The number of hydrogen-bond donors (Lipinski definition) is 3. The quantitative estimate of drug-likeness (QED) is 0.0323. The highest BCUT2D eigenvalue weighted by atomic mass is 16.5. The SMILES string of the molecule is CC/C=C/C=C/C=C/CCCCCCCC(CC(=O)NC(CO)C(O)CCCCCCCCCCCCCCC)OC(=O)CCCCCCCCCCCCCCC. The van der Waals surface area contributed by atoms with Gasteiger partial charge in [-0.1, -0.05) is 237 Å². The Morgan fingerprint density at radius 1 is 0.517 bits per heavy atom. The Morgan fingerprint density at radius 2 is 0.931 bits per heavy atom. The van der Waals surface area contributed by atoms with E-state index in [0.717, 1.165) is 83.5 Å². The molecule has 58 heavy (non-hydrogen) atoms. The molecule has 0 aliphatic rings. The molecule has 0 saturated heterocycles. The Labute approximate surface area is 360 Å². The van der Waals surface area contributed by atoms with Crippen molar-refractivity contribution in [1.82, 2.24) is 5.32 Å². The Bertz CT molecular complexity index is 961. The molecule has 0 aromatic heterocycles. The van der Waals surface area contributed by atoms with Crippen LogP contribution in [0.4, 0.5) is 0 Å². The van der Waals surface area contributed by atoms with E-state index in [1.54, 1.807) is 0 Å². The maximum absolute atomic E-state index is 13.2. The van der Waals surface area contributed by atoms with Crippen molar-refractivity contribution in [3.05, 3.63) is 36.5 Å². The third-order valence-electron chi connectivity index (χ3n) is 11.5. The summed E-state index contributed by atoms with van der Waals surface area (Å²) in [6.45, 7) is 6.35. The fraction of sp³-hybridized carbons (Fsp3) is 0.846. The van der Waals surface area contributed by atoms with Crippen LogP contribution in [0.25, 0.3) is 0 Å². The number of ether oxygens (including phenoxy) is 1. The fourth-order valence-electron chi connectivity index (χ4n) is 7.73. The van der Waals surface area contributed by atoms with E-state index in [-0.39, 0.29) is 24.9 Å². The normalized spacial score (nSPS) is 13.5. The summed E-state index contributed by atoms with van der Waals surface area (Å²) in [6, 6.07) is -0.704. The van der Waals surface area contributed by atoms with Crippen molar-refractivity contribution in [1.29, 1.82) is 0 Å². The first kappa shape index (κ1) is 56.1. The molecule has 3 unspecified atom stereocenters. The summed E-state index contributed by atoms with van der Waals surface area (Å²) >= 11 is 0. The van der Waals surface area contributed by atoms with Crippen LogP contribution in [0.5, 0.6) is 0 Å². The number of aliphatic hydroxyl groups excluding tert-OH is 2. The van der Waals surface area contributed by atoms with Crippen molar-refractivity contribution in [3.8, 4) is 0 Å². The van der Waals surface area contributed by atoms with Crippen LogP contribution >= 0.6 is 0 Å². The lowest BCUT2D eigenvalue weighted by Gasteiger charge is -2.24. The summed E-state index contributed by atoms with van der Waals surface area (Å²) in [5.41, 5.74) is 0. The van der Waals surface area contributed by atoms with E-state index in [0.29, 0.717) is 19.3 Å². The second-order valence-electron chi connectivity index (χ2n) is 17.3. The van der Waals surface area contributed by atoms with Gasteiger partial charge in [-0.15, -0.1) is 0 Å². The molecule has 0 aromatic carbocycles. The van der Waals surface area contributed by atoms with Crippen molar-refractivity contribution in [2.75, 3.05) is 6.61 Å². The lowest BCUT2D eigenvalue weighted by atomic mass is 10.0. The summed E-state index contributed by atoms with van der Waals surface area (Å²) in [5.74, 6) is -0.485. The molecule has 0 aliphatic heterocycles. The Morgan fingerprint density at radius 3 is 1.40 bits per heavy atom. The highest BCUT2D eigenvalue weighted by Gasteiger charge is 2.24. The van der Waals surface area contributed by atoms with Crippen molar-refractivity contribution < 1.29 is 24.5 Å². The van der Waals surface area contributed by atoms with Crippen LogP contribution in [0.2, 0.25) is 0 Å². The molecule has 0 spiro atoms. The van der Waals surface area contributed by atoms with Crippen LogP contribution in [0.3, 0.4) is 0 Å². The minimum atomic E-state index is -0.790. The van der Waals surface area contributed by atoms with Crippen molar-refractivity contribution in [2.24, 2.45) is 0 Å². The van der Waals surface area contributed by atoms with E-state index < -0.39 is 18.2 Å². The van der Waals surface area contributed by atoms with Crippen LogP contribution in [0, 0.1) is 0 Å². The van der Waals surface area contributed by atoms with Gasteiger partial charge >= 0.3 is 5.97 Å². The summed E-state index contributed by atoms with van der Waals surface area (Å²) in [6.07, 6.45) is 53.4. The molecular weight excluding hydrogens is 719 g/mol. The molecule has 0 rings (SSSR count). The van der Waals surface area contributed by atoms with Crippen LogP contribution in [-0.4, -0.2) is 46.9 Å². The predicted molar refractivity (Wildman–Crippen MR) is 250 cm³/mol. The number of esters is 1. The van der Waals surface area contributed by atoms with Gasteiger partial charge in [-0.2, -0.15) is 0 Å². The summed E-state index contributed by atoms with van der Waals surface area (Å²) < 4.78 is 5.92. The van der Waals surface area contributed by atoms with Crippen molar-refractivity contribution >= 4 is 11.9 Å². The zero-order valence-electron chi connectivity index (χ0n) is 38.7. The summed E-state index contributed by atoms with van der Waals surface area (Å²) in [7, 11) is 0. The van der Waals surface area contributed by atoms with Crippen molar-refractivity contribution in [2.45, 2.75) is 277 Å². The molecule has 0 saturated carbocycles. The van der Waals surface area contributed by atoms with E-state index in [4.69, 9.17) is 4.74 Å². The second-order valence-corrected chi connectivity index (χ2v) is 17.3. The number of nitrogens with one attached hydrogen (secondary N) is 1. The molecule has 340 valence electrons. The van der Waals surface area contributed by atoms with Gasteiger partial charge in [0.1, 0.15) is 6.10 Å². The molecule has 6 heteroatoms. The van der Waals surface area contributed by atoms with Gasteiger partial charge in [0.2, 0.25) is 5.91 Å². The van der Waals surface area contributed by atoms with E-state index in [2.05, 4.69) is 62.5 Å². The van der Waals surface area contributed by atoms with Crippen LogP contribution < -0.4 is 5.32 Å². The Balaban J connectivity index is 4.58. The number of unbranched alkanes of at least 4 members (excludes halogenated alkanes) is 29. The molecule has 0 aliphatic carbocycles. The molecule has 0 heterocycles. The topological polar surface area (TPSA) is 95.9 Å². The molecule has 0 bridgehead atoms. The summed E-state index contributed by atoms with van der Waals surface area (Å²) in [5, 5.41) is 23.7. The number of carbonyl (C=O) groups is 2. The Kier molecular flexibility index (Phi) is 44.6. The van der Waals surface area contributed by atoms with Crippen LogP contribution in [0.15, 0.2) is 36.5 Å². The standard InChI is InChI=1S/C52H97NO5/c1-4-7-10-13-16-19-22-25-28-31-34-37-40-43-48(58-52(57)45-42-39-36-33-30-27-24-21-18-15-12-9-6-3)46-51(56)53-49(47-54)50(55)44-41-38-35-32-29-26-23-20-17-14-11-8-5-2/h7,10,13,16,19,22,48-50,54-55H,4-6,8-9,11-12,14-15,17-18,20-21,23-47H2,1-3H3,(H,53,56)/b10-7+,16-13+,22-19+. The zero-order valence-corrected chi connectivity index (χ0v) is 38.7. The van der Waals surface area contributed by atoms with Gasteiger partial charge in [0.25, 0.3) is 0 Å². The maximum Gasteiger partial charge on any atom is 0.306 e. The van der Waals surface area contributed by atoms with E-state index in [1.165, 1.54) is 128 Å². The van der Waals surface area contributed by atoms with E-state index in [1.807, 2.05) is 0 Å². The van der Waals surface area contributed by atoms with E-state index in [9.17, 15) is 19.8 Å². The number of carbonyl (C=O) groups excluding carboxylic acids is 2. The molecule has 6 nitrogen and oxygen atoms in total. The molecule has 1 amide bonds. The van der Waals surface area contributed by atoms with E-state index >= 15 is 0 Å². The predicted octanol–water partition coefficient (Wildman–Crippen LogP) is 14.9. The maximum atomic E-state index is 13.2. The number of allylic oxidation sites excluding steroid dienone is 6. The number of hydrogen-bond acceptors (Lipinski definition) is 5. The fourth-order valence-corrected chi connectivity index (χ4v) is 7.73. The number of amides is 1. The number of aliphatic hydroxyl groups is 2. The minimum Gasteiger partial charge on any atom is -0.462 e. The first-order valence-electron chi connectivity index (χ1n) is 25.2. The lowest BCUT2D eigenvalue weighted by molar-refractivity contribution is -0.151. The van der Waals surface area contributed by atoms with Gasteiger partial charge in [0, 0.05) is 6.42 Å². The van der Waals surface area contributed by atoms with Gasteiger partial charge < -0.3 is 20.3 Å². The average Bonchev–Trinajstić information content (AvgIpc) is 3.22. The molecule has 3 atom stereocenters. The van der Waals surface area contributed by atoms with Gasteiger partial charge in [0.15, 0.2) is 0 Å². The largest absolute Gasteiger partial charge is 0.462 e. The third-order valence-corrected chi connectivity index (χ3v) is 11.5. The van der Waals surface area contributed by atoms with Gasteiger partial charge in [-0.05, 0) is 44.9 Å². The highest BCUT2D eigenvalue weighted by Crippen LogP contribution is 2.18. The molecule has 0 radical (unpaired) electrons. The minimum absolute atomic E-state index is 0.0675. The molecular formula is C52H97NO5. The smallest absolute Gasteiger partial charge is 0.306 e. The first-order chi connectivity index (χ1) is 28.5. The first-order valence-corrected chi connectivity index (χ1v) is 25.2. The van der Waals surface area contributed by atoms with Gasteiger partial charge in [-0.3, -0.25) is 9.59 Å². The Hall–Kier alpha value is -1.92. The lowest BCUT2D eigenvalue weighted by Crippen LogP contribution is -2.46. The zero-order chi connectivity index (χ0) is 42.4. The monoisotopic (exact) mass is 816 g/mol. The summed E-state index contributed by atoms with van der Waals surface area (Å²) in [4.78, 5) is 26.1. The molecule has 0 fully saturated rings. The molecule has 0 aromatic rings.